The number of imidazole rings is 1. The molecule has 10 heteroatoms. The maximum atomic E-state index is 13.7. The normalized spacial score (nSPS) is 21.7. The Morgan fingerprint density at radius 2 is 1.97 bits per heavy atom. The smallest absolute Gasteiger partial charge is 0.410 e. The molecule has 1 N–H and O–H groups in total. The van der Waals surface area contributed by atoms with Gasteiger partial charge < -0.3 is 14.6 Å². The van der Waals surface area contributed by atoms with Crippen LogP contribution in [0, 0.1) is 0 Å². The third kappa shape index (κ3) is 4.12. The molecule has 0 spiro atoms. The van der Waals surface area contributed by atoms with Crippen molar-refractivity contribution >= 4 is 6.09 Å². The predicted octanol–water partition coefficient (Wildman–Crippen LogP) is 3.97. The van der Waals surface area contributed by atoms with Gasteiger partial charge >= 0.3 is 11.8 Å². The molecule has 0 aromatic carbocycles. The van der Waals surface area contributed by atoms with Crippen molar-refractivity contribution < 1.29 is 18.3 Å². The number of H-pyrrole nitrogens is 1. The van der Waals surface area contributed by atoms with Gasteiger partial charge in [0.15, 0.2) is 0 Å². The fourth-order valence-corrected chi connectivity index (χ4v) is 4.49. The van der Waals surface area contributed by atoms with Crippen molar-refractivity contribution in [3.63, 3.8) is 0 Å². The molecule has 4 rings (SSSR count). The van der Waals surface area contributed by atoms with Crippen molar-refractivity contribution in [3.8, 4) is 5.82 Å². The van der Waals surface area contributed by atoms with Crippen LogP contribution in [0.1, 0.15) is 76.7 Å². The number of alkyl halides is 2. The summed E-state index contributed by atoms with van der Waals surface area (Å²) in [6.07, 6.45) is 3.36. The largest absolute Gasteiger partial charge is 0.444 e. The van der Waals surface area contributed by atoms with Gasteiger partial charge in [-0.2, -0.15) is 5.10 Å². The van der Waals surface area contributed by atoms with Crippen molar-refractivity contribution in [2.75, 3.05) is 6.54 Å². The molecule has 2 aromatic rings. The highest BCUT2D eigenvalue weighted by atomic mass is 19.3. The Balaban J connectivity index is 1.76. The summed E-state index contributed by atoms with van der Waals surface area (Å²) >= 11 is 0. The van der Waals surface area contributed by atoms with E-state index in [1.54, 1.807) is 15.8 Å². The number of halogens is 2. The van der Waals surface area contributed by atoms with Crippen LogP contribution in [0.2, 0.25) is 0 Å². The van der Waals surface area contributed by atoms with E-state index in [4.69, 9.17) is 9.84 Å². The minimum absolute atomic E-state index is 0.205. The van der Waals surface area contributed by atoms with E-state index in [0.29, 0.717) is 18.8 Å². The highest BCUT2D eigenvalue weighted by Crippen LogP contribution is 2.42. The van der Waals surface area contributed by atoms with Gasteiger partial charge in [0.2, 0.25) is 5.92 Å². The second kappa shape index (κ2) is 7.49. The second-order valence-electron chi connectivity index (χ2n) is 9.45. The van der Waals surface area contributed by atoms with Crippen LogP contribution in [0.3, 0.4) is 0 Å². The van der Waals surface area contributed by atoms with Crippen LogP contribution < -0.4 is 5.69 Å². The van der Waals surface area contributed by atoms with E-state index < -0.39 is 17.6 Å². The molecular weight excluding hydrogens is 408 g/mol. The van der Waals surface area contributed by atoms with Gasteiger partial charge in [0.25, 0.3) is 0 Å². The van der Waals surface area contributed by atoms with Gasteiger partial charge in [0.05, 0.1) is 17.8 Å². The number of amides is 1. The molecule has 3 heterocycles. The Labute approximate surface area is 179 Å². The number of nitrogens with one attached hydrogen (secondary N) is 1. The van der Waals surface area contributed by atoms with Crippen LogP contribution in [-0.4, -0.2) is 48.4 Å². The van der Waals surface area contributed by atoms with E-state index in [9.17, 15) is 18.4 Å². The SMILES string of the molecule is C[C@H]1c2c(nn(C3CCC(F)(F)CC3)c2-n2cc[nH]c2=O)CCN1C(=O)OC(C)(C)C. The van der Waals surface area contributed by atoms with Crippen LogP contribution in [0.15, 0.2) is 17.2 Å². The molecule has 1 saturated carbocycles. The minimum Gasteiger partial charge on any atom is -0.444 e. The molecule has 1 amide bonds. The molecule has 1 aliphatic heterocycles. The number of aromatic amines is 1. The fraction of sp³-hybridized carbons (Fsp3) is 0.667. The summed E-state index contributed by atoms with van der Waals surface area (Å²) < 4.78 is 36.2. The van der Waals surface area contributed by atoms with Crippen LogP contribution in [-0.2, 0) is 11.2 Å². The lowest BCUT2D eigenvalue weighted by Crippen LogP contribution is -2.42. The first-order valence-electron chi connectivity index (χ1n) is 10.7. The highest BCUT2D eigenvalue weighted by molar-refractivity contribution is 5.70. The van der Waals surface area contributed by atoms with Crippen molar-refractivity contribution in [1.29, 1.82) is 0 Å². The molecule has 170 valence electrons. The predicted molar refractivity (Wildman–Crippen MR) is 110 cm³/mol. The summed E-state index contributed by atoms with van der Waals surface area (Å²) in [7, 11) is 0. The molecule has 1 atom stereocenters. The summed E-state index contributed by atoms with van der Waals surface area (Å²) in [5.74, 6) is -2.12. The molecule has 0 unspecified atom stereocenters. The van der Waals surface area contributed by atoms with E-state index in [1.165, 1.54) is 10.8 Å². The van der Waals surface area contributed by atoms with Crippen LogP contribution in [0.5, 0.6) is 0 Å². The molecule has 0 saturated heterocycles. The molecule has 2 aromatic heterocycles. The van der Waals surface area contributed by atoms with E-state index in [1.807, 2.05) is 27.7 Å². The Hall–Kier alpha value is -2.65. The maximum absolute atomic E-state index is 13.7. The Morgan fingerprint density at radius 3 is 2.55 bits per heavy atom. The molecule has 0 bridgehead atoms. The third-order valence-corrected chi connectivity index (χ3v) is 6.01. The first-order chi connectivity index (χ1) is 14.5. The Kier molecular flexibility index (Phi) is 5.21. The summed E-state index contributed by atoms with van der Waals surface area (Å²) in [6.45, 7) is 7.75. The number of fused-ring (bicyclic) bond motifs is 1. The van der Waals surface area contributed by atoms with Crippen molar-refractivity contribution in [1.82, 2.24) is 24.2 Å². The summed E-state index contributed by atoms with van der Waals surface area (Å²) in [6, 6.07) is -0.613. The topological polar surface area (TPSA) is 85.2 Å². The van der Waals surface area contributed by atoms with Gasteiger partial charge in [-0.25, -0.2) is 23.1 Å². The van der Waals surface area contributed by atoms with Gasteiger partial charge in [-0.3, -0.25) is 4.57 Å². The molecule has 0 radical (unpaired) electrons. The van der Waals surface area contributed by atoms with Crippen LogP contribution in [0.4, 0.5) is 13.6 Å². The fourth-order valence-electron chi connectivity index (χ4n) is 4.49. The lowest BCUT2D eigenvalue weighted by Gasteiger charge is -2.35. The van der Waals surface area contributed by atoms with Crippen LogP contribution >= 0.6 is 0 Å². The minimum atomic E-state index is -2.66. The van der Waals surface area contributed by atoms with E-state index >= 15 is 0 Å². The van der Waals surface area contributed by atoms with Gasteiger partial charge in [0.1, 0.15) is 11.4 Å². The maximum Gasteiger partial charge on any atom is 0.410 e. The number of nitrogens with zero attached hydrogens (tertiary/aromatic N) is 4. The zero-order chi connectivity index (χ0) is 22.6. The Bertz CT molecular complexity index is 1020. The van der Waals surface area contributed by atoms with Crippen molar-refractivity contribution in [3.05, 3.63) is 34.1 Å². The van der Waals surface area contributed by atoms with Crippen molar-refractivity contribution in [2.45, 2.75) is 83.4 Å². The van der Waals surface area contributed by atoms with Gasteiger partial charge in [-0.1, -0.05) is 0 Å². The van der Waals surface area contributed by atoms with Gasteiger partial charge in [0, 0.05) is 43.8 Å². The number of carbonyl (C=O) groups excluding carboxylic acids is 1. The average molecular weight is 437 g/mol. The third-order valence-electron chi connectivity index (χ3n) is 6.01. The zero-order valence-corrected chi connectivity index (χ0v) is 18.3. The summed E-state index contributed by atoms with van der Waals surface area (Å²) in [5.41, 5.74) is 0.574. The van der Waals surface area contributed by atoms with Crippen molar-refractivity contribution in [2.24, 2.45) is 0 Å². The summed E-state index contributed by atoms with van der Waals surface area (Å²) in [5, 5.41) is 4.76. The Morgan fingerprint density at radius 1 is 1.29 bits per heavy atom. The van der Waals surface area contributed by atoms with Crippen LogP contribution in [0.25, 0.3) is 5.82 Å². The first kappa shape index (κ1) is 21.6. The monoisotopic (exact) mass is 437 g/mol. The zero-order valence-electron chi connectivity index (χ0n) is 18.3. The lowest BCUT2D eigenvalue weighted by molar-refractivity contribution is -0.0450. The average Bonchev–Trinajstić information content (AvgIpc) is 3.24. The number of aromatic nitrogens is 4. The van der Waals surface area contributed by atoms with E-state index in [2.05, 4.69) is 4.98 Å². The van der Waals surface area contributed by atoms with Gasteiger partial charge in [-0.05, 0) is 40.5 Å². The van der Waals surface area contributed by atoms with E-state index in [-0.39, 0.29) is 43.5 Å². The standard InChI is InChI=1S/C21H29F2N5O3/c1-13-16-15(7-11-26(13)19(30)31-20(2,3)4)25-28(14-5-8-21(22,23)9-6-14)17(16)27-12-10-24-18(27)29/h10,12-14H,5-9,11H2,1-4H3,(H,24,29)/t13-/m0/s1. The molecule has 1 aliphatic carbocycles. The molecule has 31 heavy (non-hydrogen) atoms. The molecule has 1 fully saturated rings. The molecular formula is C21H29F2N5O3. The summed E-state index contributed by atoms with van der Waals surface area (Å²) in [4.78, 5) is 29.6. The highest BCUT2D eigenvalue weighted by Gasteiger charge is 2.40. The number of hydrogen-bond donors (Lipinski definition) is 1. The number of ether oxygens (including phenoxy) is 1. The number of carbonyl (C=O) groups is 1. The van der Waals surface area contributed by atoms with Gasteiger partial charge in [-0.15, -0.1) is 0 Å². The lowest BCUT2D eigenvalue weighted by atomic mass is 9.92. The molecule has 8 nitrogen and oxygen atoms in total. The first-order valence-corrected chi connectivity index (χ1v) is 10.7. The molecule has 2 aliphatic rings. The number of rotatable bonds is 2. The number of hydrogen-bond acceptors (Lipinski definition) is 4. The van der Waals surface area contributed by atoms with E-state index in [0.717, 1.165) is 11.3 Å². The second-order valence-corrected chi connectivity index (χ2v) is 9.45. The quantitative estimate of drug-likeness (QED) is 0.771.